The maximum Gasteiger partial charge on any atom is 0.251 e. The highest BCUT2D eigenvalue weighted by Gasteiger charge is 2.51. The smallest absolute Gasteiger partial charge is 0.251 e. The van der Waals surface area contributed by atoms with E-state index in [4.69, 9.17) is 18.9 Å². The van der Waals surface area contributed by atoms with Gasteiger partial charge in [0.25, 0.3) is 5.91 Å². The molecule has 2 fully saturated rings. The summed E-state index contributed by atoms with van der Waals surface area (Å²) < 4.78 is 22.7. The third-order valence-electron chi connectivity index (χ3n) is 12.7. The van der Waals surface area contributed by atoms with Crippen LogP contribution in [-0.4, -0.2) is 135 Å². The SMILES string of the molecule is CCCCCCCCCCCCCCCCCCOc1ccc(N=Nc2ccc(C(=O)N[C@@H](Cc3ccccc3)C(=O)N[C@@H]3O[C@H](CO)[C@@H](O[C@H]4O[C@H](CO)[C@@H](O)[C@H](O)[C@H]4O)[C@H](O)[C@H]3O)cc2)cc1. The Kier molecular flexibility index (Phi) is 24.4. The van der Waals surface area contributed by atoms with E-state index in [1.165, 1.54) is 89.9 Å². The molecule has 0 saturated carbocycles. The summed E-state index contributed by atoms with van der Waals surface area (Å²) in [7, 11) is 0. The van der Waals surface area contributed by atoms with Crippen LogP contribution >= 0.6 is 0 Å². The summed E-state index contributed by atoms with van der Waals surface area (Å²) in [5.41, 5.74) is 2.05. The maximum atomic E-state index is 13.8. The van der Waals surface area contributed by atoms with Gasteiger partial charge < -0.3 is 65.3 Å². The van der Waals surface area contributed by atoms with Crippen molar-refractivity contribution in [2.45, 2.75) is 183 Å². The van der Waals surface area contributed by atoms with Crippen molar-refractivity contribution in [1.82, 2.24) is 10.6 Å². The minimum Gasteiger partial charge on any atom is -0.494 e. The van der Waals surface area contributed by atoms with Crippen LogP contribution in [0.25, 0.3) is 0 Å². The van der Waals surface area contributed by atoms with Crippen molar-refractivity contribution in [3.8, 4) is 5.75 Å². The summed E-state index contributed by atoms with van der Waals surface area (Å²) >= 11 is 0. The molecule has 17 nitrogen and oxygen atoms in total. The second-order valence-electron chi connectivity index (χ2n) is 18.2. The Morgan fingerprint density at radius 2 is 1.14 bits per heavy atom. The van der Waals surface area contributed by atoms with Crippen LogP contribution in [0.15, 0.2) is 89.1 Å². The van der Waals surface area contributed by atoms with Crippen LogP contribution in [0.1, 0.15) is 126 Å². The first-order valence-electron chi connectivity index (χ1n) is 25.0. The second kappa shape index (κ2) is 30.4. The average Bonchev–Trinajstić information content (AvgIpc) is 3.37. The van der Waals surface area contributed by atoms with E-state index in [9.17, 15) is 45.3 Å². The number of hydrogen-bond donors (Lipinski definition) is 9. The Morgan fingerprint density at radius 1 is 0.609 bits per heavy atom. The van der Waals surface area contributed by atoms with Crippen LogP contribution in [0.4, 0.5) is 11.4 Å². The standard InChI is InChI=1S/C52H76N4O13/c1-2-3-4-5-6-7-8-9-10-11-12-13-14-15-16-20-31-66-39-29-27-38(28-30-39)56-55-37-25-23-36(24-26-37)49(64)53-40(32-35-21-18-17-19-22-35)50(65)54-51-46(62)45(61)48(42(34-58)67-51)69-52-47(63)44(60)43(59)41(33-57)68-52/h17-19,21-30,40-48,51-52,57-63H,2-16,20,31-34H2,1H3,(H,53,64)(H,54,65)/t40-,41+,42+,43+,44-,45+,46+,47+,48+,51+,52+/m0/s1. The Labute approximate surface area is 406 Å². The topological polar surface area (TPSA) is 261 Å². The van der Waals surface area contributed by atoms with E-state index in [1.54, 1.807) is 54.6 Å². The third kappa shape index (κ3) is 18.1. The Balaban J connectivity index is 1.04. The molecule has 2 amide bonds. The van der Waals surface area contributed by atoms with Gasteiger partial charge >= 0.3 is 0 Å². The fraction of sp³-hybridized carbons (Fsp3) is 0.615. The molecule has 0 bridgehead atoms. The predicted molar refractivity (Wildman–Crippen MR) is 258 cm³/mol. The van der Waals surface area contributed by atoms with Crippen LogP contribution in [0, 0.1) is 0 Å². The van der Waals surface area contributed by atoms with Crippen molar-refractivity contribution in [2.24, 2.45) is 10.2 Å². The summed E-state index contributed by atoms with van der Waals surface area (Å²) in [5, 5.41) is 86.4. The molecular weight excluding hydrogens is 889 g/mol. The van der Waals surface area contributed by atoms with Crippen LogP contribution < -0.4 is 15.4 Å². The molecule has 17 heteroatoms. The monoisotopic (exact) mass is 965 g/mol. The minimum absolute atomic E-state index is 0.0335. The number of azo groups is 1. The molecule has 11 atom stereocenters. The summed E-state index contributed by atoms with van der Waals surface area (Å²) in [6, 6.07) is 21.4. The van der Waals surface area contributed by atoms with Crippen molar-refractivity contribution in [1.29, 1.82) is 0 Å². The van der Waals surface area contributed by atoms with E-state index in [0.29, 0.717) is 23.5 Å². The molecule has 382 valence electrons. The summed E-state index contributed by atoms with van der Waals surface area (Å²) in [6.45, 7) is 1.40. The summed E-state index contributed by atoms with van der Waals surface area (Å²) in [4.78, 5) is 27.4. The van der Waals surface area contributed by atoms with Gasteiger partial charge in [0.2, 0.25) is 5.91 Å². The zero-order valence-electron chi connectivity index (χ0n) is 40.0. The summed E-state index contributed by atoms with van der Waals surface area (Å²) in [5.74, 6) is -0.598. The number of carbonyl (C=O) groups excluding carboxylic acids is 2. The Hall–Kier alpha value is -4.40. The molecule has 69 heavy (non-hydrogen) atoms. The van der Waals surface area contributed by atoms with Crippen LogP contribution in [0.2, 0.25) is 0 Å². The molecule has 0 spiro atoms. The van der Waals surface area contributed by atoms with Crippen molar-refractivity contribution in [3.05, 3.63) is 90.0 Å². The molecule has 2 saturated heterocycles. The lowest BCUT2D eigenvalue weighted by Crippen LogP contribution is -2.67. The highest BCUT2D eigenvalue weighted by Crippen LogP contribution is 2.29. The van der Waals surface area contributed by atoms with Gasteiger partial charge in [-0.15, -0.1) is 0 Å². The molecule has 0 radical (unpaired) electrons. The number of nitrogens with zero attached hydrogens (tertiary/aromatic N) is 2. The van der Waals surface area contributed by atoms with Gasteiger partial charge in [0.05, 0.1) is 31.2 Å². The van der Waals surface area contributed by atoms with Gasteiger partial charge in [0.15, 0.2) is 12.5 Å². The highest BCUT2D eigenvalue weighted by molar-refractivity contribution is 5.97. The number of rotatable bonds is 30. The highest BCUT2D eigenvalue weighted by atomic mass is 16.7. The first-order valence-corrected chi connectivity index (χ1v) is 25.0. The first kappa shape index (κ1) is 55.5. The molecule has 5 rings (SSSR count). The number of unbranched alkanes of at least 4 members (excludes halogenated alkanes) is 15. The number of aliphatic hydroxyl groups is 7. The van der Waals surface area contributed by atoms with Crippen LogP contribution in [-0.2, 0) is 25.4 Å². The molecule has 2 heterocycles. The number of hydrogen-bond acceptors (Lipinski definition) is 15. The van der Waals surface area contributed by atoms with Crippen LogP contribution in [0.3, 0.4) is 0 Å². The van der Waals surface area contributed by atoms with Gasteiger partial charge in [-0.05, 0) is 60.5 Å². The van der Waals surface area contributed by atoms with Gasteiger partial charge in [-0.3, -0.25) is 9.59 Å². The van der Waals surface area contributed by atoms with Gasteiger partial charge in [0, 0.05) is 12.0 Å². The first-order chi connectivity index (χ1) is 33.5. The van der Waals surface area contributed by atoms with E-state index < -0.39 is 92.4 Å². The minimum atomic E-state index is -1.86. The predicted octanol–water partition coefficient (Wildman–Crippen LogP) is 5.82. The number of amides is 2. The van der Waals surface area contributed by atoms with Crippen LogP contribution in [0.5, 0.6) is 5.75 Å². The number of aliphatic hydroxyl groups excluding tert-OH is 7. The van der Waals surface area contributed by atoms with Gasteiger partial charge in [-0.1, -0.05) is 134 Å². The Bertz CT molecular complexity index is 1920. The molecular formula is C52H76N4O13. The van der Waals surface area contributed by atoms with E-state index in [-0.39, 0.29) is 12.0 Å². The lowest BCUT2D eigenvalue weighted by Gasteiger charge is -2.46. The van der Waals surface area contributed by atoms with E-state index >= 15 is 0 Å². The van der Waals surface area contributed by atoms with Crippen molar-refractivity contribution in [3.63, 3.8) is 0 Å². The molecule has 2 aliphatic rings. The Morgan fingerprint density at radius 3 is 1.70 bits per heavy atom. The lowest BCUT2D eigenvalue weighted by atomic mass is 9.96. The molecule has 0 aliphatic carbocycles. The van der Waals surface area contributed by atoms with Crippen molar-refractivity contribution in [2.75, 3.05) is 19.8 Å². The van der Waals surface area contributed by atoms with Crippen molar-refractivity contribution < 1.29 is 64.3 Å². The zero-order chi connectivity index (χ0) is 49.4. The quantitative estimate of drug-likeness (QED) is 0.0282. The number of ether oxygens (including phenoxy) is 4. The lowest BCUT2D eigenvalue weighted by molar-refractivity contribution is -0.343. The van der Waals surface area contributed by atoms with Gasteiger partial charge in [0.1, 0.15) is 60.6 Å². The molecule has 3 aromatic carbocycles. The zero-order valence-corrected chi connectivity index (χ0v) is 40.0. The van der Waals surface area contributed by atoms with E-state index in [1.807, 2.05) is 24.3 Å². The number of carbonyl (C=O) groups is 2. The average molecular weight is 965 g/mol. The second-order valence-corrected chi connectivity index (χ2v) is 18.2. The van der Waals surface area contributed by atoms with Crippen molar-refractivity contribution >= 4 is 23.2 Å². The molecule has 0 unspecified atom stereocenters. The largest absolute Gasteiger partial charge is 0.494 e. The fourth-order valence-electron chi connectivity index (χ4n) is 8.49. The maximum absolute atomic E-state index is 13.8. The van der Waals surface area contributed by atoms with E-state index in [0.717, 1.165) is 18.6 Å². The molecule has 9 N–H and O–H groups in total. The van der Waals surface area contributed by atoms with Gasteiger partial charge in [-0.2, -0.15) is 10.2 Å². The van der Waals surface area contributed by atoms with E-state index in [2.05, 4.69) is 27.8 Å². The van der Waals surface area contributed by atoms with Gasteiger partial charge in [-0.25, -0.2) is 0 Å². The molecule has 3 aromatic rings. The molecule has 2 aliphatic heterocycles. The molecule has 0 aromatic heterocycles. The normalized spacial score (nSPS) is 25.3. The summed E-state index contributed by atoms with van der Waals surface area (Å²) in [6.07, 6.45) is 4.63. The number of nitrogens with one attached hydrogen (secondary N) is 2. The fourth-order valence-corrected chi connectivity index (χ4v) is 8.49. The number of benzene rings is 3. The third-order valence-corrected chi connectivity index (χ3v) is 12.7.